The Morgan fingerprint density at radius 1 is 1.53 bits per heavy atom. The zero-order valence-corrected chi connectivity index (χ0v) is 10.2. The van der Waals surface area contributed by atoms with Crippen LogP contribution in [-0.4, -0.2) is 24.3 Å². The summed E-state index contributed by atoms with van der Waals surface area (Å²) >= 11 is 0. The summed E-state index contributed by atoms with van der Waals surface area (Å²) in [4.78, 5) is 11.5. The van der Waals surface area contributed by atoms with E-state index < -0.39 is 11.7 Å². The van der Waals surface area contributed by atoms with Crippen molar-refractivity contribution in [3.05, 3.63) is 12.2 Å². The van der Waals surface area contributed by atoms with Gasteiger partial charge in [0.15, 0.2) is 6.10 Å². The first kappa shape index (κ1) is 12.2. The molecule has 0 N–H and O–H groups in total. The van der Waals surface area contributed by atoms with Crippen molar-refractivity contribution in [3.63, 3.8) is 0 Å². The molecule has 0 aliphatic carbocycles. The second-order valence-corrected chi connectivity index (χ2v) is 5.01. The van der Waals surface area contributed by atoms with Gasteiger partial charge in [-0.1, -0.05) is 26.8 Å². The van der Waals surface area contributed by atoms with Gasteiger partial charge in [-0.3, -0.25) is 0 Å². The van der Waals surface area contributed by atoms with Gasteiger partial charge in [-0.15, -0.1) is 0 Å². The first-order chi connectivity index (χ1) is 6.80. The smallest absolute Gasteiger partial charge is 0.339 e. The average Bonchev–Trinajstić information content (AvgIpc) is 2.48. The van der Waals surface area contributed by atoms with Crippen LogP contribution in [0.25, 0.3) is 0 Å². The van der Waals surface area contributed by atoms with Crippen molar-refractivity contribution in [2.75, 3.05) is 6.61 Å². The van der Waals surface area contributed by atoms with E-state index in [2.05, 4.69) is 20.8 Å². The lowest BCUT2D eigenvalue weighted by Crippen LogP contribution is -2.41. The normalized spacial score (nSPS) is 30.6. The van der Waals surface area contributed by atoms with Gasteiger partial charge in [-0.25, -0.2) is 4.79 Å². The Hall–Kier alpha value is -0.830. The Morgan fingerprint density at radius 3 is 2.53 bits per heavy atom. The molecule has 0 aromatic rings. The zero-order valence-electron chi connectivity index (χ0n) is 10.2. The van der Waals surface area contributed by atoms with E-state index in [9.17, 15) is 4.79 Å². The van der Waals surface area contributed by atoms with Crippen molar-refractivity contribution in [2.45, 2.75) is 46.3 Å². The third kappa shape index (κ3) is 2.40. The molecule has 0 spiro atoms. The van der Waals surface area contributed by atoms with Gasteiger partial charge >= 0.3 is 5.97 Å². The largest absolute Gasteiger partial charge is 0.464 e. The van der Waals surface area contributed by atoms with Crippen molar-refractivity contribution in [1.82, 2.24) is 0 Å². The first-order valence-electron chi connectivity index (χ1n) is 5.34. The third-order valence-electron chi connectivity index (χ3n) is 2.97. The summed E-state index contributed by atoms with van der Waals surface area (Å²) in [6.45, 7) is 10.4. The summed E-state index contributed by atoms with van der Waals surface area (Å²) in [6.07, 6.45) is 3.19. The minimum absolute atomic E-state index is 0.0370. The molecule has 0 unspecified atom stereocenters. The predicted molar refractivity (Wildman–Crippen MR) is 58.5 cm³/mol. The minimum Gasteiger partial charge on any atom is -0.464 e. The highest BCUT2D eigenvalue weighted by atomic mass is 16.6. The first-order valence-corrected chi connectivity index (χ1v) is 5.34. The fourth-order valence-electron chi connectivity index (χ4n) is 1.39. The fraction of sp³-hybridized carbons (Fsp3) is 0.750. The number of rotatable bonds is 2. The molecule has 0 saturated heterocycles. The highest BCUT2D eigenvalue weighted by Crippen LogP contribution is 2.39. The molecule has 1 heterocycles. The molecule has 3 heteroatoms. The molecule has 1 aliphatic rings. The fourth-order valence-corrected chi connectivity index (χ4v) is 1.39. The number of hydrogen-bond acceptors (Lipinski definition) is 3. The molecule has 3 nitrogen and oxygen atoms in total. The van der Waals surface area contributed by atoms with E-state index in [4.69, 9.17) is 9.47 Å². The summed E-state index contributed by atoms with van der Waals surface area (Å²) in [5.74, 6) is -0.304. The lowest BCUT2D eigenvalue weighted by Gasteiger charge is -2.37. The molecular formula is C12H20O3. The van der Waals surface area contributed by atoms with E-state index in [0.717, 1.165) is 0 Å². The van der Waals surface area contributed by atoms with Crippen LogP contribution in [0.4, 0.5) is 0 Å². The van der Waals surface area contributed by atoms with Crippen LogP contribution in [0, 0.1) is 5.41 Å². The Morgan fingerprint density at radius 2 is 2.13 bits per heavy atom. The number of ether oxygens (including phenoxy) is 2. The molecule has 0 radical (unpaired) electrons. The third-order valence-corrected chi connectivity index (χ3v) is 2.97. The molecule has 86 valence electrons. The maximum Gasteiger partial charge on any atom is 0.339 e. The quantitative estimate of drug-likeness (QED) is 0.520. The van der Waals surface area contributed by atoms with Crippen LogP contribution >= 0.6 is 0 Å². The van der Waals surface area contributed by atoms with Crippen molar-refractivity contribution >= 4 is 5.97 Å². The molecule has 0 aromatic carbocycles. The predicted octanol–water partition coefficient (Wildman–Crippen LogP) is 2.31. The van der Waals surface area contributed by atoms with Crippen LogP contribution in [0.1, 0.15) is 34.6 Å². The lowest BCUT2D eigenvalue weighted by atomic mass is 9.78. The van der Waals surface area contributed by atoms with Crippen LogP contribution < -0.4 is 0 Å². The lowest BCUT2D eigenvalue weighted by molar-refractivity contribution is -0.163. The van der Waals surface area contributed by atoms with Gasteiger partial charge in [0, 0.05) is 0 Å². The van der Waals surface area contributed by atoms with Crippen molar-refractivity contribution < 1.29 is 14.3 Å². The maximum absolute atomic E-state index is 11.5. The summed E-state index contributed by atoms with van der Waals surface area (Å²) in [5.41, 5.74) is -0.435. The average molecular weight is 212 g/mol. The monoisotopic (exact) mass is 212 g/mol. The van der Waals surface area contributed by atoms with Gasteiger partial charge in [0.25, 0.3) is 0 Å². The van der Waals surface area contributed by atoms with Crippen LogP contribution in [0.2, 0.25) is 0 Å². The molecule has 0 amide bonds. The van der Waals surface area contributed by atoms with Crippen LogP contribution in [0.5, 0.6) is 0 Å². The van der Waals surface area contributed by atoms with E-state index in [1.165, 1.54) is 0 Å². The standard InChI is InChI=1S/C12H20O3/c1-6-14-10(13)9-7-8-12(5,15-9)11(2,3)4/h7-9H,6H2,1-5H3/t9-,12-/m0/s1. The second-order valence-electron chi connectivity index (χ2n) is 5.01. The Bertz CT molecular complexity index is 275. The molecule has 1 rings (SSSR count). The van der Waals surface area contributed by atoms with Crippen molar-refractivity contribution in [1.29, 1.82) is 0 Å². The SMILES string of the molecule is CCOC(=O)[C@@H]1C=C[C@@](C)(C(C)(C)C)O1. The summed E-state index contributed by atoms with van der Waals surface area (Å²) in [6, 6.07) is 0. The molecule has 2 atom stereocenters. The van der Waals surface area contributed by atoms with Gasteiger partial charge in [0.1, 0.15) is 0 Å². The van der Waals surface area contributed by atoms with Gasteiger partial charge in [-0.05, 0) is 25.3 Å². The van der Waals surface area contributed by atoms with E-state index in [1.54, 1.807) is 13.0 Å². The number of hydrogen-bond donors (Lipinski definition) is 0. The molecule has 15 heavy (non-hydrogen) atoms. The Kier molecular flexibility index (Phi) is 3.24. The van der Waals surface area contributed by atoms with E-state index in [0.29, 0.717) is 6.61 Å². The van der Waals surface area contributed by atoms with Crippen molar-refractivity contribution in [2.24, 2.45) is 5.41 Å². The highest BCUT2D eigenvalue weighted by Gasteiger charge is 2.43. The number of carbonyl (C=O) groups is 1. The Balaban J connectivity index is 2.69. The minimum atomic E-state index is -0.547. The summed E-state index contributed by atoms with van der Waals surface area (Å²) in [5, 5.41) is 0. The molecular weight excluding hydrogens is 192 g/mol. The molecule has 0 fully saturated rings. The molecule has 0 bridgehead atoms. The topological polar surface area (TPSA) is 35.5 Å². The molecule has 0 aromatic heterocycles. The van der Waals surface area contributed by atoms with Crippen LogP contribution in [0.15, 0.2) is 12.2 Å². The summed E-state index contributed by atoms with van der Waals surface area (Å²) in [7, 11) is 0. The maximum atomic E-state index is 11.5. The summed E-state index contributed by atoms with van der Waals surface area (Å²) < 4.78 is 10.7. The second kappa shape index (κ2) is 3.97. The van der Waals surface area contributed by atoms with Gasteiger partial charge in [-0.2, -0.15) is 0 Å². The van der Waals surface area contributed by atoms with Gasteiger partial charge in [0.2, 0.25) is 0 Å². The van der Waals surface area contributed by atoms with Crippen LogP contribution in [0.3, 0.4) is 0 Å². The number of carbonyl (C=O) groups excluding carboxylic acids is 1. The van der Waals surface area contributed by atoms with Crippen molar-refractivity contribution in [3.8, 4) is 0 Å². The van der Waals surface area contributed by atoms with Crippen LogP contribution in [-0.2, 0) is 14.3 Å². The van der Waals surface area contributed by atoms with Gasteiger partial charge in [0.05, 0.1) is 12.2 Å². The highest BCUT2D eigenvalue weighted by molar-refractivity contribution is 5.77. The van der Waals surface area contributed by atoms with E-state index in [1.807, 2.05) is 13.0 Å². The number of esters is 1. The molecule has 1 aliphatic heterocycles. The Labute approximate surface area is 91.4 Å². The zero-order chi connectivity index (χ0) is 11.7. The van der Waals surface area contributed by atoms with Gasteiger partial charge < -0.3 is 9.47 Å². The van der Waals surface area contributed by atoms with E-state index >= 15 is 0 Å². The van der Waals surface area contributed by atoms with E-state index in [-0.39, 0.29) is 11.4 Å². The molecule has 0 saturated carbocycles.